The van der Waals surface area contributed by atoms with E-state index in [0.717, 1.165) is 35.2 Å². The molecule has 2 aromatic heterocycles. The van der Waals surface area contributed by atoms with Crippen molar-refractivity contribution in [2.75, 3.05) is 23.7 Å². The quantitative estimate of drug-likeness (QED) is 0.485. The normalized spacial score (nSPS) is 16.5. The molecule has 0 bridgehead atoms. The van der Waals surface area contributed by atoms with Gasteiger partial charge in [-0.05, 0) is 43.2 Å². The Morgan fingerprint density at radius 2 is 1.91 bits per heavy atom. The minimum absolute atomic E-state index is 0.00536. The number of hydrogen-bond donors (Lipinski definition) is 2. The van der Waals surface area contributed by atoms with E-state index in [0.29, 0.717) is 23.7 Å². The van der Waals surface area contributed by atoms with Crippen LogP contribution in [-0.4, -0.2) is 45.8 Å². The molecule has 0 spiro atoms. The number of rotatable bonds is 6. The summed E-state index contributed by atoms with van der Waals surface area (Å²) in [6.45, 7) is 9.07. The van der Waals surface area contributed by atoms with Crippen molar-refractivity contribution in [3.8, 4) is 0 Å². The molecule has 9 heteroatoms. The van der Waals surface area contributed by atoms with Crippen LogP contribution in [-0.2, 0) is 10.2 Å². The maximum atomic E-state index is 13.0. The van der Waals surface area contributed by atoms with E-state index >= 15 is 0 Å². The average molecular weight is 494 g/mol. The predicted molar refractivity (Wildman–Crippen MR) is 140 cm³/mol. The molecule has 1 aromatic carbocycles. The van der Waals surface area contributed by atoms with E-state index in [9.17, 15) is 9.59 Å². The van der Waals surface area contributed by atoms with Crippen LogP contribution in [0, 0.1) is 0 Å². The molecule has 4 rings (SSSR count). The fraction of sp³-hybridized carbons (Fsp3) is 0.385. The van der Waals surface area contributed by atoms with E-state index in [1.165, 1.54) is 6.92 Å². The molecule has 2 amide bonds. The second-order valence-electron chi connectivity index (χ2n) is 9.71. The van der Waals surface area contributed by atoms with E-state index in [1.807, 2.05) is 23.2 Å². The van der Waals surface area contributed by atoms with Crippen molar-refractivity contribution in [2.24, 2.45) is 0 Å². The van der Waals surface area contributed by atoms with Gasteiger partial charge in [-0.1, -0.05) is 32.1 Å². The van der Waals surface area contributed by atoms with Crippen molar-refractivity contribution in [3.63, 3.8) is 0 Å². The number of oxazole rings is 1. The van der Waals surface area contributed by atoms with Gasteiger partial charge in [-0.15, -0.1) is 0 Å². The molecule has 0 unspecified atom stereocenters. The summed E-state index contributed by atoms with van der Waals surface area (Å²) < 4.78 is 5.81. The van der Waals surface area contributed by atoms with Gasteiger partial charge in [0.1, 0.15) is 5.76 Å². The summed E-state index contributed by atoms with van der Waals surface area (Å²) >= 11 is 1.55. The number of nitrogens with zero attached hydrogens (tertiary/aromatic N) is 3. The number of carbonyl (C=O) groups is 2. The van der Waals surface area contributed by atoms with Crippen LogP contribution >= 0.6 is 11.3 Å². The molecular weight excluding hydrogens is 462 g/mol. The van der Waals surface area contributed by atoms with Gasteiger partial charge in [-0.3, -0.25) is 9.59 Å². The number of amides is 2. The highest BCUT2D eigenvalue weighted by molar-refractivity contribution is 7.16. The zero-order chi connectivity index (χ0) is 25.0. The number of piperidine rings is 1. The Hall–Kier alpha value is -3.46. The lowest BCUT2D eigenvalue weighted by atomic mass is 9.94. The molecule has 2 N–H and O–H groups in total. The monoisotopic (exact) mass is 493 g/mol. The van der Waals surface area contributed by atoms with Gasteiger partial charge in [0.15, 0.2) is 5.13 Å². The maximum absolute atomic E-state index is 13.0. The second-order valence-corrected chi connectivity index (χ2v) is 10.8. The Bertz CT molecular complexity index is 1210. The number of benzene rings is 1. The highest BCUT2D eigenvalue weighted by Gasteiger charge is 2.25. The molecule has 3 heterocycles. The van der Waals surface area contributed by atoms with Crippen LogP contribution in [0.15, 0.2) is 41.1 Å². The number of anilines is 2. The Morgan fingerprint density at radius 1 is 1.14 bits per heavy atom. The number of aromatic nitrogens is 2. The van der Waals surface area contributed by atoms with E-state index < -0.39 is 0 Å². The lowest BCUT2D eigenvalue weighted by Crippen LogP contribution is -2.45. The summed E-state index contributed by atoms with van der Waals surface area (Å²) in [6.07, 6.45) is 9.28. The van der Waals surface area contributed by atoms with Gasteiger partial charge in [0.25, 0.3) is 5.91 Å². The van der Waals surface area contributed by atoms with Crippen LogP contribution in [0.5, 0.6) is 0 Å². The Kier molecular flexibility index (Phi) is 7.35. The predicted octanol–water partition coefficient (Wildman–Crippen LogP) is 5.27. The lowest BCUT2D eigenvalue weighted by molar-refractivity contribution is -0.114. The zero-order valence-corrected chi connectivity index (χ0v) is 21.3. The van der Waals surface area contributed by atoms with E-state index in [4.69, 9.17) is 4.42 Å². The van der Waals surface area contributed by atoms with Crippen LogP contribution < -0.4 is 10.6 Å². The van der Waals surface area contributed by atoms with Gasteiger partial charge in [0.2, 0.25) is 11.8 Å². The first-order valence-electron chi connectivity index (χ1n) is 11.7. The third kappa shape index (κ3) is 6.57. The molecule has 0 aliphatic carbocycles. The van der Waals surface area contributed by atoms with Gasteiger partial charge in [0.05, 0.1) is 6.20 Å². The molecule has 8 nitrogen and oxygen atoms in total. The number of nitrogens with one attached hydrogen (secondary N) is 2. The molecule has 0 saturated carbocycles. The maximum Gasteiger partial charge on any atom is 0.253 e. The number of thiazole rings is 1. The van der Waals surface area contributed by atoms with Crippen LogP contribution in [0.2, 0.25) is 0 Å². The molecule has 1 saturated heterocycles. The molecule has 1 atom stereocenters. The third-order valence-corrected chi connectivity index (χ3v) is 6.56. The Labute approximate surface area is 209 Å². The van der Waals surface area contributed by atoms with Gasteiger partial charge in [-0.2, -0.15) is 0 Å². The largest absolute Gasteiger partial charge is 0.441 e. The Morgan fingerprint density at radius 3 is 2.60 bits per heavy atom. The highest BCUT2D eigenvalue weighted by atomic mass is 32.1. The number of likely N-dealkylation sites (tertiary alicyclic amines) is 1. The second kappa shape index (κ2) is 10.4. The van der Waals surface area contributed by atoms with Crippen molar-refractivity contribution < 1.29 is 14.0 Å². The first-order valence-corrected chi connectivity index (χ1v) is 12.5. The van der Waals surface area contributed by atoms with Gasteiger partial charge in [-0.25, -0.2) is 9.97 Å². The summed E-state index contributed by atoms with van der Waals surface area (Å²) in [4.78, 5) is 35.9. The molecule has 35 heavy (non-hydrogen) atoms. The summed E-state index contributed by atoms with van der Waals surface area (Å²) in [5.41, 5.74) is 1.22. The molecule has 184 valence electrons. The van der Waals surface area contributed by atoms with E-state index in [1.54, 1.807) is 41.8 Å². The minimum Gasteiger partial charge on any atom is -0.441 e. The smallest absolute Gasteiger partial charge is 0.253 e. The molecule has 1 fully saturated rings. The number of hydrogen-bond acceptors (Lipinski definition) is 7. The van der Waals surface area contributed by atoms with Crippen molar-refractivity contribution >= 4 is 46.1 Å². The highest BCUT2D eigenvalue weighted by Crippen LogP contribution is 2.26. The fourth-order valence-corrected chi connectivity index (χ4v) is 4.63. The molecule has 1 aliphatic heterocycles. The first kappa shape index (κ1) is 24.7. The Balaban J connectivity index is 1.33. The molecule has 1 aliphatic rings. The SMILES string of the molecule is CC(=O)Nc1ccc(C(=O)N2CCC[C@@H](Nc3ncc(/C=C/c4ncc(C(C)(C)C)o4)s3)C2)cc1. The van der Waals surface area contributed by atoms with Crippen LogP contribution in [0.3, 0.4) is 0 Å². The number of carbonyl (C=O) groups excluding carboxylic acids is 2. The molecule has 3 aromatic rings. The third-order valence-electron chi connectivity index (χ3n) is 5.66. The van der Waals surface area contributed by atoms with Crippen molar-refractivity contribution in [3.05, 3.63) is 58.8 Å². The van der Waals surface area contributed by atoms with Gasteiger partial charge in [0, 0.05) is 59.9 Å². The van der Waals surface area contributed by atoms with Crippen LogP contribution in [0.1, 0.15) is 67.4 Å². The zero-order valence-electron chi connectivity index (χ0n) is 20.5. The van der Waals surface area contributed by atoms with Crippen molar-refractivity contribution in [1.82, 2.24) is 14.9 Å². The fourth-order valence-electron chi connectivity index (χ4n) is 3.83. The van der Waals surface area contributed by atoms with Crippen molar-refractivity contribution in [2.45, 2.75) is 52.0 Å². The van der Waals surface area contributed by atoms with Gasteiger partial charge >= 0.3 is 0 Å². The summed E-state index contributed by atoms with van der Waals surface area (Å²) in [5, 5.41) is 7.03. The first-order chi connectivity index (χ1) is 16.7. The lowest BCUT2D eigenvalue weighted by Gasteiger charge is -2.33. The molecular formula is C26H31N5O3S. The van der Waals surface area contributed by atoms with Gasteiger partial charge < -0.3 is 20.0 Å². The summed E-state index contributed by atoms with van der Waals surface area (Å²) in [7, 11) is 0. The molecule has 0 radical (unpaired) electrons. The van der Waals surface area contributed by atoms with Crippen LogP contribution in [0.4, 0.5) is 10.8 Å². The standard InChI is InChI=1S/C26H31N5O3S/c1-17(32)29-19-9-7-18(8-10-19)24(33)31-13-5-6-20(16-31)30-25-28-14-21(35-25)11-12-23-27-15-22(34-23)26(2,3)4/h7-12,14-15,20H,5-6,13,16H2,1-4H3,(H,28,30)(H,29,32)/b12-11+/t20-/m1/s1. The summed E-state index contributed by atoms with van der Waals surface area (Å²) in [6, 6.07) is 7.14. The van der Waals surface area contributed by atoms with E-state index in [2.05, 4.69) is 41.4 Å². The summed E-state index contributed by atoms with van der Waals surface area (Å²) in [5.74, 6) is 1.28. The van der Waals surface area contributed by atoms with E-state index in [-0.39, 0.29) is 23.3 Å². The van der Waals surface area contributed by atoms with Crippen molar-refractivity contribution in [1.29, 1.82) is 0 Å². The topological polar surface area (TPSA) is 100 Å². The average Bonchev–Trinajstić information content (AvgIpc) is 3.47. The van der Waals surface area contributed by atoms with Crippen LogP contribution in [0.25, 0.3) is 12.2 Å². The minimum atomic E-state index is -0.137.